The Morgan fingerprint density at radius 3 is 1.67 bits per heavy atom. The monoisotopic (exact) mass is 586 g/mol. The summed E-state index contributed by atoms with van der Waals surface area (Å²) in [4.78, 5) is 0. The summed E-state index contributed by atoms with van der Waals surface area (Å²) in [6.07, 6.45) is 0. The van der Waals surface area contributed by atoms with Crippen molar-refractivity contribution in [2.45, 2.75) is 0 Å². The normalized spacial score (nSPS) is 11.9. The van der Waals surface area contributed by atoms with Crippen LogP contribution in [0.3, 0.4) is 0 Å². The lowest BCUT2D eigenvalue weighted by Gasteiger charge is -2.18. The van der Waals surface area contributed by atoms with Gasteiger partial charge in [-0.3, -0.25) is 0 Å². The number of rotatable bonds is 3. The van der Waals surface area contributed by atoms with Crippen LogP contribution in [-0.4, -0.2) is 0 Å². The van der Waals surface area contributed by atoms with E-state index in [-0.39, 0.29) is 0 Å². The van der Waals surface area contributed by atoms with E-state index in [0.717, 1.165) is 49.8 Å². The molecule has 0 aliphatic rings. The maximum absolute atomic E-state index is 6.84. The zero-order valence-electron chi connectivity index (χ0n) is 24.8. The van der Waals surface area contributed by atoms with Crippen LogP contribution >= 0.6 is 0 Å². The highest BCUT2D eigenvalue weighted by Crippen LogP contribution is 2.49. The van der Waals surface area contributed by atoms with Crippen LogP contribution in [-0.2, 0) is 0 Å². The molecule has 0 atom stereocenters. The smallest absolute Gasteiger partial charge is 0.146 e. The Morgan fingerprint density at radius 2 is 0.935 bits per heavy atom. The molecule has 0 amide bonds. The lowest BCUT2D eigenvalue weighted by atomic mass is 9.85. The second kappa shape index (κ2) is 9.69. The third-order valence-corrected chi connectivity index (χ3v) is 9.44. The van der Waals surface area contributed by atoms with Crippen LogP contribution in [0.15, 0.2) is 167 Å². The molecule has 0 saturated heterocycles. The maximum Gasteiger partial charge on any atom is 0.146 e. The maximum atomic E-state index is 6.84. The molecule has 214 valence electrons. The molecule has 10 rings (SSSR count). The molecule has 0 aliphatic heterocycles. The second-order valence-electron chi connectivity index (χ2n) is 12.0. The summed E-state index contributed by atoms with van der Waals surface area (Å²) < 4.78 is 13.4. The Kier molecular flexibility index (Phi) is 5.31. The van der Waals surface area contributed by atoms with Gasteiger partial charge in [-0.2, -0.15) is 0 Å². The Morgan fingerprint density at radius 1 is 0.326 bits per heavy atom. The standard InChI is InChI=1S/C44H26O2/c1-2-13-28(14-3-1)40-26-38-43-36(31-16-10-11-21-39(31)45-43)25-37(44(38)46-40)42-34-19-8-6-17-32(34)41(33-18-7-9-20-35(33)42)30-23-22-27-12-4-5-15-29(27)24-30/h1-26H. The molecule has 0 N–H and O–H groups in total. The van der Waals surface area contributed by atoms with Crippen molar-refractivity contribution in [3.8, 4) is 33.6 Å². The summed E-state index contributed by atoms with van der Waals surface area (Å²) in [6.45, 7) is 0. The molecule has 2 heteroatoms. The van der Waals surface area contributed by atoms with E-state index in [1.165, 1.54) is 49.0 Å². The van der Waals surface area contributed by atoms with Gasteiger partial charge >= 0.3 is 0 Å². The summed E-state index contributed by atoms with van der Waals surface area (Å²) >= 11 is 0. The summed E-state index contributed by atoms with van der Waals surface area (Å²) in [5.41, 5.74) is 8.29. The lowest BCUT2D eigenvalue weighted by Crippen LogP contribution is -1.91. The van der Waals surface area contributed by atoms with Crippen molar-refractivity contribution in [3.63, 3.8) is 0 Å². The molecule has 10 aromatic rings. The third-order valence-electron chi connectivity index (χ3n) is 9.44. The molecule has 0 radical (unpaired) electrons. The molecule has 0 bridgehead atoms. The molecule has 2 heterocycles. The van der Waals surface area contributed by atoms with Crippen LogP contribution in [0.25, 0.3) is 98.8 Å². The molecule has 2 nitrogen and oxygen atoms in total. The van der Waals surface area contributed by atoms with Crippen molar-refractivity contribution in [2.75, 3.05) is 0 Å². The van der Waals surface area contributed by atoms with Gasteiger partial charge in [0.1, 0.15) is 22.5 Å². The first kappa shape index (κ1) is 25.2. The van der Waals surface area contributed by atoms with Gasteiger partial charge in [0.05, 0.1) is 5.39 Å². The number of benzene rings is 8. The predicted molar refractivity (Wildman–Crippen MR) is 192 cm³/mol. The molecule has 0 saturated carbocycles. The first-order chi connectivity index (χ1) is 22.8. The first-order valence-corrected chi connectivity index (χ1v) is 15.7. The number of para-hydroxylation sites is 1. The van der Waals surface area contributed by atoms with E-state index in [0.29, 0.717) is 0 Å². The van der Waals surface area contributed by atoms with E-state index in [4.69, 9.17) is 8.83 Å². The van der Waals surface area contributed by atoms with E-state index in [2.05, 4.69) is 127 Å². The van der Waals surface area contributed by atoms with E-state index in [1.807, 2.05) is 30.3 Å². The Labute approximate surface area is 264 Å². The minimum Gasteiger partial charge on any atom is -0.455 e. The minimum atomic E-state index is 0.825. The lowest BCUT2D eigenvalue weighted by molar-refractivity contribution is 0.632. The van der Waals surface area contributed by atoms with E-state index in [1.54, 1.807) is 0 Å². The Hall–Kier alpha value is -6.12. The van der Waals surface area contributed by atoms with Gasteiger partial charge in [0.2, 0.25) is 0 Å². The summed E-state index contributed by atoms with van der Waals surface area (Å²) in [7, 11) is 0. The number of fused-ring (bicyclic) bond motifs is 8. The van der Waals surface area contributed by atoms with Crippen molar-refractivity contribution < 1.29 is 8.83 Å². The summed E-state index contributed by atoms with van der Waals surface area (Å²) in [5.74, 6) is 0.825. The molecule has 46 heavy (non-hydrogen) atoms. The van der Waals surface area contributed by atoms with Crippen LogP contribution in [0.4, 0.5) is 0 Å². The SMILES string of the molecule is c1ccc(-c2cc3c(o2)c(-c2c4ccccc4c(-c4ccc5ccccc5c4)c4ccccc24)cc2c4ccccc4oc32)cc1. The molecular formula is C44H26O2. The van der Waals surface area contributed by atoms with E-state index in [9.17, 15) is 0 Å². The van der Waals surface area contributed by atoms with Crippen molar-refractivity contribution in [3.05, 3.63) is 158 Å². The summed E-state index contributed by atoms with van der Waals surface area (Å²) in [6, 6.07) is 56.1. The van der Waals surface area contributed by atoms with Crippen molar-refractivity contribution >= 4 is 65.2 Å². The zero-order valence-corrected chi connectivity index (χ0v) is 24.8. The van der Waals surface area contributed by atoms with Gasteiger partial charge in [-0.15, -0.1) is 0 Å². The Balaban J connectivity index is 1.37. The third kappa shape index (κ3) is 3.65. The van der Waals surface area contributed by atoms with Gasteiger partial charge in [0.15, 0.2) is 0 Å². The van der Waals surface area contributed by atoms with Gasteiger partial charge in [-0.25, -0.2) is 0 Å². The predicted octanol–water partition coefficient (Wildman–Crippen LogP) is 12.8. The van der Waals surface area contributed by atoms with Crippen molar-refractivity contribution in [1.29, 1.82) is 0 Å². The fraction of sp³-hybridized carbons (Fsp3) is 0. The highest BCUT2D eigenvalue weighted by molar-refractivity contribution is 6.26. The largest absolute Gasteiger partial charge is 0.455 e. The van der Waals surface area contributed by atoms with Gasteiger partial charge in [0, 0.05) is 27.5 Å². The molecule has 8 aromatic carbocycles. The van der Waals surface area contributed by atoms with Crippen LogP contribution in [0, 0.1) is 0 Å². The van der Waals surface area contributed by atoms with Crippen molar-refractivity contribution in [2.24, 2.45) is 0 Å². The Bertz CT molecular complexity index is 2740. The molecular weight excluding hydrogens is 560 g/mol. The highest BCUT2D eigenvalue weighted by atomic mass is 16.3. The van der Waals surface area contributed by atoms with E-state index < -0.39 is 0 Å². The fourth-order valence-electron chi connectivity index (χ4n) is 7.38. The topological polar surface area (TPSA) is 26.3 Å². The van der Waals surface area contributed by atoms with Gasteiger partial charge in [-0.05, 0) is 67.7 Å². The van der Waals surface area contributed by atoms with Crippen LogP contribution in [0.5, 0.6) is 0 Å². The van der Waals surface area contributed by atoms with Gasteiger partial charge in [0.25, 0.3) is 0 Å². The van der Waals surface area contributed by atoms with Crippen LogP contribution in [0.1, 0.15) is 0 Å². The molecule has 0 spiro atoms. The number of hydrogen-bond donors (Lipinski definition) is 0. The van der Waals surface area contributed by atoms with Crippen molar-refractivity contribution in [1.82, 2.24) is 0 Å². The number of hydrogen-bond acceptors (Lipinski definition) is 2. The zero-order chi connectivity index (χ0) is 30.2. The molecule has 0 fully saturated rings. The average molecular weight is 587 g/mol. The van der Waals surface area contributed by atoms with Gasteiger partial charge in [-0.1, -0.05) is 133 Å². The quantitative estimate of drug-likeness (QED) is 0.193. The molecule has 2 aromatic heterocycles. The molecule has 0 aliphatic carbocycles. The van der Waals surface area contributed by atoms with Gasteiger partial charge < -0.3 is 8.83 Å². The highest BCUT2D eigenvalue weighted by Gasteiger charge is 2.23. The molecule has 0 unspecified atom stereocenters. The van der Waals surface area contributed by atoms with Crippen LogP contribution in [0.2, 0.25) is 0 Å². The number of furan rings is 2. The first-order valence-electron chi connectivity index (χ1n) is 15.7. The average Bonchev–Trinajstić information content (AvgIpc) is 3.73. The van der Waals surface area contributed by atoms with E-state index >= 15 is 0 Å². The minimum absolute atomic E-state index is 0.825. The summed E-state index contributed by atoms with van der Waals surface area (Å²) in [5, 5.41) is 10.5. The van der Waals surface area contributed by atoms with Crippen LogP contribution < -0.4 is 0 Å². The fourth-order valence-corrected chi connectivity index (χ4v) is 7.38. The second-order valence-corrected chi connectivity index (χ2v) is 12.0.